The lowest BCUT2D eigenvalue weighted by Gasteiger charge is -2.27. The van der Waals surface area contributed by atoms with E-state index in [4.69, 9.17) is 16.0 Å². The molecule has 7 heteroatoms. The van der Waals surface area contributed by atoms with Gasteiger partial charge in [-0.05, 0) is 48.0 Å². The van der Waals surface area contributed by atoms with Crippen LogP contribution in [0.3, 0.4) is 0 Å². The van der Waals surface area contributed by atoms with E-state index in [9.17, 15) is 4.79 Å². The van der Waals surface area contributed by atoms with Crippen molar-refractivity contribution in [2.24, 2.45) is 0 Å². The van der Waals surface area contributed by atoms with E-state index in [1.807, 2.05) is 36.4 Å². The third kappa shape index (κ3) is 5.23. The minimum absolute atomic E-state index is 0. The molecular formula is C26H25Cl2N3O2. The number of fused-ring (bicyclic) bond motifs is 1. The van der Waals surface area contributed by atoms with E-state index in [1.165, 1.54) is 5.56 Å². The molecule has 2 N–H and O–H groups in total. The van der Waals surface area contributed by atoms with E-state index in [-0.39, 0.29) is 18.3 Å². The van der Waals surface area contributed by atoms with Crippen molar-refractivity contribution in [3.8, 4) is 11.3 Å². The smallest absolute Gasteiger partial charge is 0.257 e. The first-order chi connectivity index (χ1) is 15.7. The van der Waals surface area contributed by atoms with Crippen LogP contribution in [0.2, 0.25) is 5.02 Å². The van der Waals surface area contributed by atoms with Crippen LogP contribution in [0.15, 0.2) is 77.2 Å². The van der Waals surface area contributed by atoms with Crippen LogP contribution in [0.5, 0.6) is 0 Å². The van der Waals surface area contributed by atoms with Crippen molar-refractivity contribution >= 4 is 46.6 Å². The van der Waals surface area contributed by atoms with Crippen LogP contribution >= 0.6 is 24.0 Å². The van der Waals surface area contributed by atoms with Gasteiger partial charge in [-0.15, -0.1) is 12.4 Å². The molecule has 0 radical (unpaired) electrons. The highest BCUT2D eigenvalue weighted by Crippen LogP contribution is 2.33. The zero-order valence-electron chi connectivity index (χ0n) is 18.0. The van der Waals surface area contributed by atoms with E-state index in [0.29, 0.717) is 16.3 Å². The maximum atomic E-state index is 12.8. The molecule has 1 aromatic heterocycles. The SMILES string of the molecule is Cl.O=C(Nc1ccccc1-c1cc2cc(CN3CCNCC3)ccc2o1)c1ccccc1Cl. The molecule has 0 bridgehead atoms. The number of amides is 1. The van der Waals surface area contributed by atoms with Gasteiger partial charge in [0.15, 0.2) is 0 Å². The third-order valence-corrected chi connectivity index (χ3v) is 6.09. The second-order valence-electron chi connectivity index (χ2n) is 7.99. The highest BCUT2D eigenvalue weighted by atomic mass is 35.5. The first kappa shape index (κ1) is 23.3. The van der Waals surface area contributed by atoms with Crippen molar-refractivity contribution < 1.29 is 9.21 Å². The summed E-state index contributed by atoms with van der Waals surface area (Å²) in [6.45, 7) is 5.13. The lowest BCUT2D eigenvalue weighted by Crippen LogP contribution is -2.42. The predicted octanol–water partition coefficient (Wildman–Crippen LogP) is 5.83. The molecule has 2 heterocycles. The Bertz CT molecular complexity index is 1270. The van der Waals surface area contributed by atoms with Gasteiger partial charge in [0, 0.05) is 43.7 Å². The summed E-state index contributed by atoms with van der Waals surface area (Å²) in [5, 5.41) is 7.85. The molecule has 0 saturated carbocycles. The molecule has 0 spiro atoms. The van der Waals surface area contributed by atoms with E-state index < -0.39 is 0 Å². The van der Waals surface area contributed by atoms with E-state index >= 15 is 0 Å². The molecule has 0 atom stereocenters. The van der Waals surface area contributed by atoms with Gasteiger partial charge < -0.3 is 15.1 Å². The van der Waals surface area contributed by atoms with Crippen LogP contribution in [0.1, 0.15) is 15.9 Å². The molecular weight excluding hydrogens is 457 g/mol. The Morgan fingerprint density at radius 1 is 1.00 bits per heavy atom. The summed E-state index contributed by atoms with van der Waals surface area (Å²) in [7, 11) is 0. The van der Waals surface area contributed by atoms with Gasteiger partial charge in [0.25, 0.3) is 5.91 Å². The largest absolute Gasteiger partial charge is 0.456 e. The molecule has 1 fully saturated rings. The van der Waals surface area contributed by atoms with Gasteiger partial charge >= 0.3 is 0 Å². The van der Waals surface area contributed by atoms with Gasteiger partial charge in [0.1, 0.15) is 11.3 Å². The number of furan rings is 1. The number of para-hydroxylation sites is 1. The molecule has 1 aliphatic rings. The Balaban J connectivity index is 0.00000259. The zero-order valence-corrected chi connectivity index (χ0v) is 19.6. The number of carbonyl (C=O) groups excluding carboxylic acids is 1. The maximum Gasteiger partial charge on any atom is 0.257 e. The van der Waals surface area contributed by atoms with Crippen molar-refractivity contribution in [3.05, 3.63) is 88.9 Å². The maximum absolute atomic E-state index is 12.8. The highest BCUT2D eigenvalue weighted by molar-refractivity contribution is 6.34. The molecule has 4 aromatic rings. The Morgan fingerprint density at radius 2 is 1.76 bits per heavy atom. The summed E-state index contributed by atoms with van der Waals surface area (Å²) in [5.74, 6) is 0.465. The number of anilines is 1. The third-order valence-electron chi connectivity index (χ3n) is 5.76. The Kier molecular flexibility index (Phi) is 7.36. The number of piperazine rings is 1. The van der Waals surface area contributed by atoms with Gasteiger partial charge in [-0.25, -0.2) is 0 Å². The number of hydrogen-bond acceptors (Lipinski definition) is 4. The van der Waals surface area contributed by atoms with Crippen LogP contribution in [0.25, 0.3) is 22.3 Å². The second kappa shape index (κ2) is 10.4. The summed E-state index contributed by atoms with van der Waals surface area (Å²) in [6.07, 6.45) is 0. The van der Waals surface area contributed by atoms with E-state index in [2.05, 4.69) is 27.7 Å². The molecule has 170 valence electrons. The number of benzene rings is 3. The molecule has 33 heavy (non-hydrogen) atoms. The summed E-state index contributed by atoms with van der Waals surface area (Å²) < 4.78 is 6.15. The number of nitrogens with zero attached hydrogens (tertiary/aromatic N) is 1. The summed E-state index contributed by atoms with van der Waals surface area (Å²) >= 11 is 6.19. The molecule has 0 aliphatic carbocycles. The standard InChI is InChI=1S/C26H24ClN3O2.ClH/c27-22-7-3-1-5-20(22)26(31)29-23-8-4-2-6-21(23)25-16-19-15-18(9-10-24(19)32-25)17-30-13-11-28-12-14-30;/h1-10,15-16,28H,11-14,17H2,(H,29,31);1H. The monoisotopic (exact) mass is 481 g/mol. The quantitative estimate of drug-likeness (QED) is 0.376. The normalized spacial score (nSPS) is 14.1. The predicted molar refractivity (Wildman–Crippen MR) is 136 cm³/mol. The van der Waals surface area contributed by atoms with Gasteiger partial charge in [0.05, 0.1) is 16.3 Å². The average Bonchev–Trinajstić information content (AvgIpc) is 3.23. The van der Waals surface area contributed by atoms with Gasteiger partial charge in [-0.1, -0.05) is 41.9 Å². The van der Waals surface area contributed by atoms with Crippen LogP contribution in [-0.2, 0) is 6.54 Å². The average molecular weight is 482 g/mol. The summed E-state index contributed by atoms with van der Waals surface area (Å²) in [4.78, 5) is 15.2. The zero-order chi connectivity index (χ0) is 21.9. The molecule has 1 amide bonds. The Morgan fingerprint density at radius 3 is 2.58 bits per heavy atom. The summed E-state index contributed by atoms with van der Waals surface area (Å²) in [6, 6.07) is 23.0. The first-order valence-corrected chi connectivity index (χ1v) is 11.2. The van der Waals surface area contributed by atoms with Gasteiger partial charge in [0.2, 0.25) is 0 Å². The van der Waals surface area contributed by atoms with Crippen molar-refractivity contribution in [2.75, 3.05) is 31.5 Å². The van der Waals surface area contributed by atoms with Crippen molar-refractivity contribution in [2.45, 2.75) is 6.54 Å². The first-order valence-electron chi connectivity index (χ1n) is 10.8. The lowest BCUT2D eigenvalue weighted by atomic mass is 10.1. The second-order valence-corrected chi connectivity index (χ2v) is 8.40. The number of halogens is 2. The van der Waals surface area contributed by atoms with E-state index in [1.54, 1.807) is 24.3 Å². The minimum atomic E-state index is -0.252. The molecule has 5 rings (SSSR count). The molecule has 5 nitrogen and oxygen atoms in total. The van der Waals surface area contributed by atoms with Crippen molar-refractivity contribution in [3.63, 3.8) is 0 Å². The fourth-order valence-corrected chi connectivity index (χ4v) is 4.31. The number of hydrogen-bond donors (Lipinski definition) is 2. The Hall–Kier alpha value is -2.83. The minimum Gasteiger partial charge on any atom is -0.456 e. The van der Waals surface area contributed by atoms with Crippen molar-refractivity contribution in [1.82, 2.24) is 10.2 Å². The number of rotatable bonds is 5. The molecule has 1 aliphatic heterocycles. The van der Waals surface area contributed by atoms with Crippen LogP contribution in [0.4, 0.5) is 5.69 Å². The van der Waals surface area contributed by atoms with Crippen LogP contribution in [-0.4, -0.2) is 37.0 Å². The fraction of sp³-hybridized carbons (Fsp3) is 0.192. The number of carbonyl (C=O) groups is 1. The molecule has 1 saturated heterocycles. The highest BCUT2D eigenvalue weighted by Gasteiger charge is 2.16. The number of nitrogens with one attached hydrogen (secondary N) is 2. The van der Waals surface area contributed by atoms with Crippen LogP contribution in [0, 0.1) is 0 Å². The fourth-order valence-electron chi connectivity index (χ4n) is 4.09. The lowest BCUT2D eigenvalue weighted by molar-refractivity contribution is 0.102. The van der Waals surface area contributed by atoms with Crippen LogP contribution < -0.4 is 10.6 Å². The topological polar surface area (TPSA) is 57.5 Å². The summed E-state index contributed by atoms with van der Waals surface area (Å²) in [5.41, 5.74) is 4.04. The molecule has 3 aromatic carbocycles. The van der Waals surface area contributed by atoms with Gasteiger partial charge in [-0.3, -0.25) is 9.69 Å². The van der Waals surface area contributed by atoms with Crippen molar-refractivity contribution in [1.29, 1.82) is 0 Å². The van der Waals surface area contributed by atoms with Gasteiger partial charge in [-0.2, -0.15) is 0 Å². The Labute approximate surface area is 204 Å². The van der Waals surface area contributed by atoms with E-state index in [0.717, 1.165) is 55.0 Å². The molecule has 0 unspecified atom stereocenters.